The number of hydrogen-bond donors (Lipinski definition) is 2. The molecular formula is C15H26F3IN6. The summed E-state index contributed by atoms with van der Waals surface area (Å²) < 4.78 is 38.9. The van der Waals surface area contributed by atoms with Gasteiger partial charge in [-0.3, -0.25) is 0 Å². The van der Waals surface area contributed by atoms with Crippen LogP contribution in [-0.2, 0) is 13.6 Å². The van der Waals surface area contributed by atoms with Crippen LogP contribution in [0.3, 0.4) is 0 Å². The summed E-state index contributed by atoms with van der Waals surface area (Å²) in [6.45, 7) is 1.91. The fraction of sp³-hybridized carbons (Fsp3) is 0.800. The summed E-state index contributed by atoms with van der Waals surface area (Å²) in [5.41, 5.74) is 0. The fourth-order valence-electron chi connectivity index (χ4n) is 2.65. The molecule has 10 heteroatoms. The molecule has 1 heterocycles. The quantitative estimate of drug-likeness (QED) is 0.391. The van der Waals surface area contributed by atoms with E-state index in [4.69, 9.17) is 0 Å². The smallest absolute Gasteiger partial charge is 0.356 e. The minimum atomic E-state index is -4.18. The van der Waals surface area contributed by atoms with Gasteiger partial charge in [0.05, 0.1) is 6.42 Å². The molecule has 0 saturated heterocycles. The van der Waals surface area contributed by atoms with Crippen molar-refractivity contribution in [2.24, 2.45) is 12.0 Å². The van der Waals surface area contributed by atoms with Crippen molar-refractivity contribution < 1.29 is 13.2 Å². The van der Waals surface area contributed by atoms with Crippen molar-refractivity contribution in [2.45, 2.75) is 64.2 Å². The maximum atomic E-state index is 12.3. The second kappa shape index (κ2) is 10.2. The Hall–Kier alpha value is -1.07. The molecule has 0 unspecified atom stereocenters. The monoisotopic (exact) mass is 474 g/mol. The number of hydrogen-bond acceptors (Lipinski definition) is 3. The zero-order valence-electron chi connectivity index (χ0n) is 14.6. The van der Waals surface area contributed by atoms with E-state index >= 15 is 0 Å². The Balaban J connectivity index is 0.00000312. The largest absolute Gasteiger partial charge is 0.390 e. The Morgan fingerprint density at radius 3 is 2.48 bits per heavy atom. The highest BCUT2D eigenvalue weighted by atomic mass is 127. The summed E-state index contributed by atoms with van der Waals surface area (Å²) in [5.74, 6) is 1.85. The molecule has 2 N–H and O–H groups in total. The van der Waals surface area contributed by atoms with Crippen LogP contribution in [0.25, 0.3) is 0 Å². The molecule has 0 aliphatic heterocycles. The zero-order valence-corrected chi connectivity index (χ0v) is 16.9. The summed E-state index contributed by atoms with van der Waals surface area (Å²) in [6, 6.07) is 0.261. The SMILES string of the molecule is Cc1nnc(CN=C(NCCC(F)(F)F)NC2CCCCC2)n1C.I. The molecule has 0 amide bonds. The molecule has 144 valence electrons. The van der Waals surface area contributed by atoms with Crippen molar-refractivity contribution in [2.75, 3.05) is 6.54 Å². The summed E-state index contributed by atoms with van der Waals surface area (Å²) in [7, 11) is 1.84. The average molecular weight is 474 g/mol. The molecule has 1 aliphatic carbocycles. The lowest BCUT2D eigenvalue weighted by atomic mass is 9.96. The van der Waals surface area contributed by atoms with E-state index in [-0.39, 0.29) is 43.1 Å². The van der Waals surface area contributed by atoms with Crippen LogP contribution in [-0.4, -0.2) is 39.5 Å². The van der Waals surface area contributed by atoms with Crippen molar-refractivity contribution in [3.05, 3.63) is 11.6 Å². The molecule has 0 aromatic carbocycles. The summed E-state index contributed by atoms with van der Waals surface area (Å²) >= 11 is 0. The number of rotatable bonds is 5. The zero-order chi connectivity index (χ0) is 17.6. The van der Waals surface area contributed by atoms with Gasteiger partial charge < -0.3 is 15.2 Å². The first-order valence-corrected chi connectivity index (χ1v) is 8.31. The molecule has 0 atom stereocenters. The standard InChI is InChI=1S/C15H25F3N6.HI/c1-11-22-23-13(24(11)2)10-20-14(19-9-8-15(16,17)18)21-12-6-4-3-5-7-12;/h12H,3-10H2,1-2H3,(H2,19,20,21);1H. The summed E-state index contributed by atoms with van der Waals surface area (Å²) in [4.78, 5) is 4.39. The molecule has 1 aliphatic rings. The van der Waals surface area contributed by atoms with Gasteiger partial charge in [-0.2, -0.15) is 13.2 Å². The average Bonchev–Trinajstić information content (AvgIpc) is 2.84. The molecular weight excluding hydrogens is 448 g/mol. The van der Waals surface area contributed by atoms with Gasteiger partial charge in [0.1, 0.15) is 12.4 Å². The lowest BCUT2D eigenvalue weighted by Crippen LogP contribution is -2.45. The molecule has 0 bridgehead atoms. The molecule has 0 spiro atoms. The molecule has 1 saturated carbocycles. The highest BCUT2D eigenvalue weighted by molar-refractivity contribution is 14.0. The van der Waals surface area contributed by atoms with Gasteiger partial charge in [0.15, 0.2) is 11.8 Å². The molecule has 1 fully saturated rings. The van der Waals surface area contributed by atoms with E-state index in [0.29, 0.717) is 11.8 Å². The van der Waals surface area contributed by atoms with Crippen LogP contribution in [0.2, 0.25) is 0 Å². The molecule has 6 nitrogen and oxygen atoms in total. The Morgan fingerprint density at radius 2 is 1.92 bits per heavy atom. The Morgan fingerprint density at radius 1 is 1.24 bits per heavy atom. The third-order valence-electron chi connectivity index (χ3n) is 4.21. The van der Waals surface area contributed by atoms with Crippen molar-refractivity contribution in [1.29, 1.82) is 0 Å². The van der Waals surface area contributed by atoms with E-state index < -0.39 is 12.6 Å². The number of aromatic nitrogens is 3. The highest BCUT2D eigenvalue weighted by Crippen LogP contribution is 2.19. The van der Waals surface area contributed by atoms with Crippen molar-refractivity contribution in [3.8, 4) is 0 Å². The summed E-state index contributed by atoms with van der Waals surface area (Å²) in [6.07, 6.45) is 0.452. The third-order valence-corrected chi connectivity index (χ3v) is 4.21. The van der Waals surface area contributed by atoms with Crippen LogP contribution in [0.4, 0.5) is 13.2 Å². The van der Waals surface area contributed by atoms with Gasteiger partial charge in [-0.25, -0.2) is 4.99 Å². The van der Waals surface area contributed by atoms with Gasteiger partial charge in [-0.1, -0.05) is 19.3 Å². The van der Waals surface area contributed by atoms with Crippen LogP contribution >= 0.6 is 24.0 Å². The van der Waals surface area contributed by atoms with E-state index in [1.807, 2.05) is 18.5 Å². The lowest BCUT2D eigenvalue weighted by molar-refractivity contribution is -0.132. The first-order chi connectivity index (χ1) is 11.3. The van der Waals surface area contributed by atoms with Crippen LogP contribution in [0.1, 0.15) is 50.2 Å². The second-order valence-electron chi connectivity index (χ2n) is 6.16. The highest BCUT2D eigenvalue weighted by Gasteiger charge is 2.26. The van der Waals surface area contributed by atoms with Crippen LogP contribution in [0, 0.1) is 6.92 Å². The number of nitrogens with zero attached hydrogens (tertiary/aromatic N) is 4. The maximum absolute atomic E-state index is 12.3. The minimum Gasteiger partial charge on any atom is -0.356 e. The third kappa shape index (κ3) is 7.78. The number of guanidine groups is 1. The maximum Gasteiger partial charge on any atom is 0.390 e. The number of halogens is 4. The lowest BCUT2D eigenvalue weighted by Gasteiger charge is -2.25. The number of aliphatic imine (C=N–C) groups is 1. The molecule has 25 heavy (non-hydrogen) atoms. The predicted octanol–water partition coefficient (Wildman–Crippen LogP) is 3.06. The van der Waals surface area contributed by atoms with E-state index in [0.717, 1.165) is 31.5 Å². The van der Waals surface area contributed by atoms with Crippen LogP contribution in [0.15, 0.2) is 4.99 Å². The van der Waals surface area contributed by atoms with Gasteiger partial charge >= 0.3 is 6.18 Å². The Labute approximate surface area is 163 Å². The van der Waals surface area contributed by atoms with E-state index in [9.17, 15) is 13.2 Å². The first-order valence-electron chi connectivity index (χ1n) is 8.31. The number of nitrogens with one attached hydrogen (secondary N) is 2. The minimum absolute atomic E-state index is 0. The van der Waals surface area contributed by atoms with E-state index in [1.165, 1.54) is 6.42 Å². The second-order valence-corrected chi connectivity index (χ2v) is 6.16. The van der Waals surface area contributed by atoms with Gasteiger partial charge in [0.25, 0.3) is 0 Å². The normalized spacial score (nSPS) is 16.4. The van der Waals surface area contributed by atoms with E-state index in [2.05, 4.69) is 25.8 Å². The predicted molar refractivity (Wildman–Crippen MR) is 101 cm³/mol. The number of aryl methyl sites for hydroxylation is 1. The van der Waals surface area contributed by atoms with Crippen LogP contribution in [0.5, 0.6) is 0 Å². The topological polar surface area (TPSA) is 67.1 Å². The van der Waals surface area contributed by atoms with Gasteiger partial charge in [-0.15, -0.1) is 34.2 Å². The van der Waals surface area contributed by atoms with Crippen molar-refractivity contribution in [3.63, 3.8) is 0 Å². The molecule has 1 aromatic heterocycles. The summed E-state index contributed by atoms with van der Waals surface area (Å²) in [5, 5.41) is 14.0. The van der Waals surface area contributed by atoms with Crippen LogP contribution < -0.4 is 10.6 Å². The molecule has 1 aromatic rings. The first kappa shape index (κ1) is 22.0. The fourth-order valence-corrected chi connectivity index (χ4v) is 2.65. The van der Waals surface area contributed by atoms with Gasteiger partial charge in [-0.05, 0) is 19.8 Å². The Kier molecular flexibility index (Phi) is 8.94. The molecule has 0 radical (unpaired) electrons. The Bertz CT molecular complexity index is 552. The van der Waals surface area contributed by atoms with Crippen molar-refractivity contribution in [1.82, 2.24) is 25.4 Å². The van der Waals surface area contributed by atoms with Gasteiger partial charge in [0, 0.05) is 19.6 Å². The number of alkyl halides is 3. The molecule has 2 rings (SSSR count). The van der Waals surface area contributed by atoms with Crippen molar-refractivity contribution >= 4 is 29.9 Å². The van der Waals surface area contributed by atoms with Gasteiger partial charge in [0.2, 0.25) is 0 Å². The van der Waals surface area contributed by atoms with E-state index in [1.54, 1.807) is 0 Å².